The van der Waals surface area contributed by atoms with E-state index in [1.165, 1.54) is 158 Å². The average Bonchev–Trinajstić information content (AvgIpc) is 3.01. The predicted octanol–water partition coefficient (Wildman–Crippen LogP) is 12.6. The second-order valence-corrected chi connectivity index (χ2v) is 13.2. The van der Waals surface area contributed by atoms with Gasteiger partial charge in [-0.1, -0.05) is 154 Å². The van der Waals surface area contributed by atoms with Crippen LogP contribution in [0.1, 0.15) is 160 Å². The van der Waals surface area contributed by atoms with Gasteiger partial charge in [-0.3, -0.25) is 0 Å². The Balaban J connectivity index is 1.81. The first-order valence-corrected chi connectivity index (χ1v) is 18.7. The maximum atomic E-state index is 3.73. The largest absolute Gasteiger partial charge is 0.372 e. The van der Waals surface area contributed by atoms with E-state index in [9.17, 15) is 0 Å². The molecule has 2 nitrogen and oxygen atoms in total. The molecular weight excluding hydrogens is 576 g/mol. The van der Waals surface area contributed by atoms with E-state index in [4.69, 9.17) is 0 Å². The number of anilines is 1. The molecule has 2 aromatic rings. The number of pyridine rings is 1. The molecule has 42 heavy (non-hydrogen) atoms. The van der Waals surface area contributed by atoms with Crippen LogP contribution >= 0.6 is 15.9 Å². The summed E-state index contributed by atoms with van der Waals surface area (Å²) in [5.74, 6) is 0. The number of rotatable bonds is 26. The maximum absolute atomic E-state index is 3.73. The number of hydrogen-bond acceptors (Lipinski definition) is 1. The van der Waals surface area contributed by atoms with Crippen molar-refractivity contribution >= 4 is 33.8 Å². The maximum Gasteiger partial charge on any atom is 0.183 e. The van der Waals surface area contributed by atoms with E-state index in [0.717, 1.165) is 11.0 Å². The zero-order valence-electron chi connectivity index (χ0n) is 27.7. The Morgan fingerprint density at radius 2 is 1.02 bits per heavy atom. The zero-order valence-corrected chi connectivity index (χ0v) is 29.3. The van der Waals surface area contributed by atoms with E-state index in [2.05, 4.69) is 101 Å². The highest BCUT2D eigenvalue weighted by molar-refractivity contribution is 9.10. The van der Waals surface area contributed by atoms with Gasteiger partial charge in [0.05, 0.1) is 4.47 Å². The van der Waals surface area contributed by atoms with Crippen molar-refractivity contribution in [3.63, 3.8) is 0 Å². The van der Waals surface area contributed by atoms with Gasteiger partial charge in [-0.2, -0.15) is 0 Å². The van der Waals surface area contributed by atoms with Gasteiger partial charge < -0.3 is 4.90 Å². The molecule has 0 N–H and O–H groups in total. The number of benzene rings is 1. The molecule has 0 saturated carbocycles. The Kier molecular flexibility index (Phi) is 21.6. The number of aromatic nitrogens is 1. The molecule has 1 aromatic heterocycles. The minimum absolute atomic E-state index is 0.985. The Bertz CT molecular complexity index is 912. The summed E-state index contributed by atoms with van der Waals surface area (Å²) in [4.78, 5) is 2.67. The van der Waals surface area contributed by atoms with Crippen molar-refractivity contribution in [2.24, 2.45) is 0 Å². The lowest BCUT2D eigenvalue weighted by Gasteiger charge is -2.25. The Labute approximate surface area is 269 Å². The lowest BCUT2D eigenvalue weighted by atomic mass is 10.1. The van der Waals surface area contributed by atoms with Crippen molar-refractivity contribution in [1.82, 2.24) is 0 Å². The SMILES string of the molecule is CCCCCCCCCCCCN(CCCCCCCCCCCC)c1ccc(C=Cc2cc[n+](CC)cc2Br)cc1. The summed E-state index contributed by atoms with van der Waals surface area (Å²) < 4.78 is 3.33. The first kappa shape index (κ1) is 36.6. The molecule has 0 unspecified atom stereocenters. The van der Waals surface area contributed by atoms with Gasteiger partial charge in [-0.25, -0.2) is 4.57 Å². The van der Waals surface area contributed by atoms with Crippen LogP contribution in [0.25, 0.3) is 12.2 Å². The molecule has 0 saturated heterocycles. The van der Waals surface area contributed by atoms with Crippen LogP contribution in [-0.4, -0.2) is 13.1 Å². The molecule has 2 rings (SSSR count). The van der Waals surface area contributed by atoms with Crippen LogP contribution in [0.2, 0.25) is 0 Å². The van der Waals surface area contributed by atoms with E-state index in [-0.39, 0.29) is 0 Å². The monoisotopic (exact) mass is 639 g/mol. The zero-order chi connectivity index (χ0) is 30.1. The highest BCUT2D eigenvalue weighted by atomic mass is 79.9. The quantitative estimate of drug-likeness (QED) is 0.0733. The van der Waals surface area contributed by atoms with Crippen LogP contribution in [0.4, 0.5) is 5.69 Å². The van der Waals surface area contributed by atoms with Crippen molar-refractivity contribution in [1.29, 1.82) is 0 Å². The highest BCUT2D eigenvalue weighted by Gasteiger charge is 2.07. The molecule has 0 atom stereocenters. The Morgan fingerprint density at radius 1 is 0.571 bits per heavy atom. The molecule has 236 valence electrons. The summed E-state index contributed by atoms with van der Waals surface area (Å²) in [6.45, 7) is 10.1. The smallest absolute Gasteiger partial charge is 0.183 e. The molecule has 0 aliphatic heterocycles. The fraction of sp³-hybridized carbons (Fsp3) is 0.667. The highest BCUT2D eigenvalue weighted by Crippen LogP contribution is 2.21. The van der Waals surface area contributed by atoms with Crippen molar-refractivity contribution < 1.29 is 4.57 Å². The molecule has 3 heteroatoms. The van der Waals surface area contributed by atoms with E-state index in [1.807, 2.05) is 0 Å². The van der Waals surface area contributed by atoms with E-state index in [1.54, 1.807) is 0 Å². The summed E-state index contributed by atoms with van der Waals surface area (Å²) in [6.07, 6.45) is 36.7. The molecule has 0 aliphatic rings. The Hall–Kier alpha value is -1.61. The molecule has 1 aromatic carbocycles. The third kappa shape index (κ3) is 16.9. The molecule has 0 radical (unpaired) electrons. The van der Waals surface area contributed by atoms with Gasteiger partial charge in [0.1, 0.15) is 6.54 Å². The second-order valence-electron chi connectivity index (χ2n) is 12.4. The number of hydrogen-bond donors (Lipinski definition) is 0. The van der Waals surface area contributed by atoms with Crippen molar-refractivity contribution in [3.8, 4) is 0 Å². The number of unbranched alkanes of at least 4 members (excludes halogenated alkanes) is 18. The lowest BCUT2D eigenvalue weighted by molar-refractivity contribution is -0.694. The summed E-state index contributed by atoms with van der Waals surface area (Å²) >= 11 is 3.73. The van der Waals surface area contributed by atoms with Crippen LogP contribution < -0.4 is 9.47 Å². The van der Waals surface area contributed by atoms with Crippen LogP contribution in [-0.2, 0) is 6.54 Å². The molecule has 0 amide bonds. The fourth-order valence-corrected chi connectivity index (χ4v) is 6.31. The summed E-state index contributed by atoms with van der Waals surface area (Å²) in [5.41, 5.74) is 3.87. The van der Waals surface area contributed by atoms with Crippen LogP contribution in [0.3, 0.4) is 0 Å². The summed E-state index contributed by atoms with van der Waals surface area (Å²) in [6, 6.07) is 11.5. The van der Waals surface area contributed by atoms with Gasteiger partial charge >= 0.3 is 0 Å². The normalized spacial score (nSPS) is 11.5. The second kappa shape index (κ2) is 24.8. The van der Waals surface area contributed by atoms with E-state index < -0.39 is 0 Å². The van der Waals surface area contributed by atoms with Crippen molar-refractivity contribution in [3.05, 3.63) is 58.3 Å². The van der Waals surface area contributed by atoms with Crippen LogP contribution in [0.15, 0.2) is 47.2 Å². The molecule has 0 spiro atoms. The molecule has 0 aliphatic carbocycles. The van der Waals surface area contributed by atoms with Crippen LogP contribution in [0, 0.1) is 0 Å². The molecule has 1 heterocycles. The summed E-state index contributed by atoms with van der Waals surface area (Å²) in [7, 11) is 0. The van der Waals surface area contributed by atoms with Gasteiger partial charge in [0.15, 0.2) is 12.4 Å². The topological polar surface area (TPSA) is 7.12 Å². The van der Waals surface area contributed by atoms with E-state index >= 15 is 0 Å². The summed E-state index contributed by atoms with van der Waals surface area (Å²) in [5, 5.41) is 0. The molecular formula is C39H64BrN2+. The van der Waals surface area contributed by atoms with Gasteiger partial charge in [0, 0.05) is 30.4 Å². The van der Waals surface area contributed by atoms with Gasteiger partial charge in [0.25, 0.3) is 0 Å². The average molecular weight is 641 g/mol. The number of halogens is 1. The van der Waals surface area contributed by atoms with Crippen molar-refractivity contribution in [2.45, 2.75) is 156 Å². The van der Waals surface area contributed by atoms with Crippen molar-refractivity contribution in [2.75, 3.05) is 18.0 Å². The Morgan fingerprint density at radius 3 is 1.45 bits per heavy atom. The first-order valence-electron chi connectivity index (χ1n) is 17.9. The van der Waals surface area contributed by atoms with E-state index in [0.29, 0.717) is 0 Å². The molecule has 0 fully saturated rings. The lowest BCUT2D eigenvalue weighted by Crippen LogP contribution is -2.31. The predicted molar refractivity (Wildman–Crippen MR) is 191 cm³/mol. The van der Waals surface area contributed by atoms with Gasteiger partial charge in [-0.15, -0.1) is 0 Å². The molecule has 0 bridgehead atoms. The number of nitrogens with zero attached hydrogens (tertiary/aromatic N) is 2. The third-order valence-electron chi connectivity index (χ3n) is 8.64. The first-order chi connectivity index (χ1) is 20.7. The van der Waals surface area contributed by atoms with Crippen LogP contribution in [0.5, 0.6) is 0 Å². The van der Waals surface area contributed by atoms with Gasteiger partial charge in [-0.05, 0) is 53.4 Å². The fourth-order valence-electron chi connectivity index (χ4n) is 5.78. The minimum atomic E-state index is 0.985. The third-order valence-corrected chi connectivity index (χ3v) is 9.30. The number of aryl methyl sites for hydroxylation is 1. The minimum Gasteiger partial charge on any atom is -0.372 e. The standard InChI is InChI=1S/C39H64BrN2/c1-4-7-9-11-13-15-17-19-21-23-32-42(33-24-22-20-18-16-14-12-10-8-5-2)38-29-26-36(27-30-38)25-28-37-31-34-41(6-3)35-39(37)40/h25-31,34-35H,4-24,32-33H2,1-3H3/q+1. The van der Waals surface area contributed by atoms with Gasteiger partial charge in [0.2, 0.25) is 0 Å².